The zero-order valence-corrected chi connectivity index (χ0v) is 10.4. The number of fused-ring (bicyclic) bond motifs is 3. The summed E-state index contributed by atoms with van der Waals surface area (Å²) < 4.78 is 5.65. The van der Waals surface area contributed by atoms with E-state index in [1.165, 1.54) is 0 Å². The summed E-state index contributed by atoms with van der Waals surface area (Å²) in [6.07, 6.45) is 0. The summed E-state index contributed by atoms with van der Waals surface area (Å²) in [7, 11) is 0. The minimum Gasteiger partial charge on any atom is -0.508 e. The van der Waals surface area contributed by atoms with E-state index >= 15 is 0 Å². The normalized spacial score (nSPS) is 11.5. The monoisotopic (exact) mass is 266 g/mol. The molecule has 0 atom stereocenters. The van der Waals surface area contributed by atoms with Crippen LogP contribution >= 0.6 is 23.2 Å². The number of benzene rings is 2. The lowest BCUT2D eigenvalue weighted by Gasteiger charge is -2.00. The first-order chi connectivity index (χ1) is 8.08. The van der Waals surface area contributed by atoms with Crippen LogP contribution < -0.4 is 0 Å². The first-order valence-corrected chi connectivity index (χ1v) is 5.83. The molecule has 0 bridgehead atoms. The van der Waals surface area contributed by atoms with E-state index in [0.29, 0.717) is 21.2 Å². The highest BCUT2D eigenvalue weighted by molar-refractivity contribution is 6.40. The average molecular weight is 267 g/mol. The Labute approximate surface area is 107 Å². The number of phenolic OH excluding ortho intramolecular Hbond substituents is 1. The predicted octanol–water partition coefficient (Wildman–Crippen LogP) is 4.91. The van der Waals surface area contributed by atoms with Gasteiger partial charge in [-0.25, -0.2) is 0 Å². The Morgan fingerprint density at radius 3 is 2.65 bits per heavy atom. The second kappa shape index (κ2) is 3.56. The highest BCUT2D eigenvalue weighted by Gasteiger charge is 2.14. The molecule has 1 aromatic heterocycles. The Morgan fingerprint density at radius 2 is 1.88 bits per heavy atom. The van der Waals surface area contributed by atoms with Crippen molar-refractivity contribution in [2.45, 2.75) is 6.92 Å². The number of rotatable bonds is 0. The molecule has 2 nitrogen and oxygen atoms in total. The fourth-order valence-corrected chi connectivity index (χ4v) is 2.42. The van der Waals surface area contributed by atoms with Crippen LogP contribution in [0.4, 0.5) is 0 Å². The van der Waals surface area contributed by atoms with Gasteiger partial charge in [0.15, 0.2) is 5.58 Å². The van der Waals surface area contributed by atoms with Crippen LogP contribution in [0.1, 0.15) is 5.56 Å². The van der Waals surface area contributed by atoms with Crippen LogP contribution in [0.5, 0.6) is 5.75 Å². The average Bonchev–Trinajstić information content (AvgIpc) is 2.64. The molecule has 17 heavy (non-hydrogen) atoms. The van der Waals surface area contributed by atoms with E-state index in [-0.39, 0.29) is 5.75 Å². The van der Waals surface area contributed by atoms with Gasteiger partial charge in [-0.1, -0.05) is 23.2 Å². The van der Waals surface area contributed by atoms with Crippen molar-refractivity contribution in [3.63, 3.8) is 0 Å². The van der Waals surface area contributed by atoms with Crippen LogP contribution in [0.25, 0.3) is 21.9 Å². The Bertz CT molecular complexity index is 744. The molecule has 4 heteroatoms. The summed E-state index contributed by atoms with van der Waals surface area (Å²) >= 11 is 12.3. The molecular formula is C13H8Cl2O2. The summed E-state index contributed by atoms with van der Waals surface area (Å²) in [6.45, 7) is 1.84. The lowest BCUT2D eigenvalue weighted by Crippen LogP contribution is -1.78. The van der Waals surface area contributed by atoms with Gasteiger partial charge in [-0.2, -0.15) is 0 Å². The molecule has 0 aliphatic heterocycles. The zero-order chi connectivity index (χ0) is 12.2. The van der Waals surface area contributed by atoms with Crippen molar-refractivity contribution in [3.8, 4) is 5.75 Å². The van der Waals surface area contributed by atoms with Crippen molar-refractivity contribution in [3.05, 3.63) is 39.9 Å². The van der Waals surface area contributed by atoms with E-state index in [9.17, 15) is 5.11 Å². The van der Waals surface area contributed by atoms with Crippen LogP contribution in [0.3, 0.4) is 0 Å². The largest absolute Gasteiger partial charge is 0.508 e. The molecule has 1 heterocycles. The van der Waals surface area contributed by atoms with Gasteiger partial charge in [0.1, 0.15) is 11.3 Å². The lowest BCUT2D eigenvalue weighted by molar-refractivity contribution is 0.475. The third-order valence-corrected chi connectivity index (χ3v) is 3.72. The fourth-order valence-electron chi connectivity index (χ4n) is 1.92. The van der Waals surface area contributed by atoms with Crippen molar-refractivity contribution in [1.29, 1.82) is 0 Å². The molecule has 0 amide bonds. The van der Waals surface area contributed by atoms with Crippen LogP contribution in [-0.4, -0.2) is 5.11 Å². The quantitative estimate of drug-likeness (QED) is 0.628. The van der Waals surface area contributed by atoms with Gasteiger partial charge in [0.25, 0.3) is 0 Å². The molecule has 0 saturated heterocycles. The second-order valence-electron chi connectivity index (χ2n) is 3.96. The van der Waals surface area contributed by atoms with E-state index in [4.69, 9.17) is 27.6 Å². The second-order valence-corrected chi connectivity index (χ2v) is 4.74. The highest BCUT2D eigenvalue weighted by Crippen LogP contribution is 2.39. The van der Waals surface area contributed by atoms with Crippen molar-refractivity contribution in [2.75, 3.05) is 0 Å². The maximum Gasteiger partial charge on any atom is 0.154 e. The molecule has 0 spiro atoms. The van der Waals surface area contributed by atoms with Gasteiger partial charge in [-0.15, -0.1) is 0 Å². The number of hydrogen-bond acceptors (Lipinski definition) is 2. The molecule has 86 valence electrons. The van der Waals surface area contributed by atoms with E-state index in [0.717, 1.165) is 16.3 Å². The number of phenols is 1. The van der Waals surface area contributed by atoms with Gasteiger partial charge in [0.05, 0.1) is 5.02 Å². The van der Waals surface area contributed by atoms with E-state index in [1.54, 1.807) is 18.2 Å². The summed E-state index contributed by atoms with van der Waals surface area (Å²) in [6, 6.07) is 6.80. The topological polar surface area (TPSA) is 33.4 Å². The summed E-state index contributed by atoms with van der Waals surface area (Å²) in [4.78, 5) is 0. The minimum atomic E-state index is 0.162. The van der Waals surface area contributed by atoms with Crippen molar-refractivity contribution in [1.82, 2.24) is 0 Å². The van der Waals surface area contributed by atoms with Gasteiger partial charge in [0, 0.05) is 21.9 Å². The fraction of sp³-hybridized carbons (Fsp3) is 0.0769. The molecule has 3 aromatic rings. The van der Waals surface area contributed by atoms with E-state index in [2.05, 4.69) is 0 Å². The van der Waals surface area contributed by atoms with Crippen LogP contribution in [0, 0.1) is 6.92 Å². The number of furan rings is 1. The van der Waals surface area contributed by atoms with Crippen LogP contribution in [0.2, 0.25) is 10.0 Å². The minimum absolute atomic E-state index is 0.162. The molecule has 0 aliphatic carbocycles. The third kappa shape index (κ3) is 1.48. The summed E-state index contributed by atoms with van der Waals surface area (Å²) in [5.41, 5.74) is 2.00. The van der Waals surface area contributed by atoms with Crippen molar-refractivity contribution >= 4 is 45.1 Å². The van der Waals surface area contributed by atoms with Crippen molar-refractivity contribution < 1.29 is 9.52 Å². The number of hydrogen-bond donors (Lipinski definition) is 1. The van der Waals surface area contributed by atoms with Gasteiger partial charge in [0.2, 0.25) is 0 Å². The molecule has 1 N–H and O–H groups in total. The van der Waals surface area contributed by atoms with Crippen LogP contribution in [-0.2, 0) is 0 Å². The lowest BCUT2D eigenvalue weighted by atomic mass is 10.1. The molecule has 0 fully saturated rings. The Morgan fingerprint density at radius 1 is 1.12 bits per heavy atom. The SMILES string of the molecule is Cc1c(Cl)cc2c(oc3cc(O)ccc32)c1Cl. The van der Waals surface area contributed by atoms with Gasteiger partial charge >= 0.3 is 0 Å². The Balaban J connectivity index is 2.56. The first kappa shape index (κ1) is 10.8. The molecule has 0 aliphatic rings. The smallest absolute Gasteiger partial charge is 0.154 e. The Kier molecular flexibility index (Phi) is 2.25. The molecule has 0 unspecified atom stereocenters. The summed E-state index contributed by atoms with van der Waals surface area (Å²) in [5.74, 6) is 0.162. The molecule has 0 radical (unpaired) electrons. The van der Waals surface area contributed by atoms with Crippen molar-refractivity contribution in [2.24, 2.45) is 0 Å². The molecule has 2 aromatic carbocycles. The van der Waals surface area contributed by atoms with Gasteiger partial charge in [-0.3, -0.25) is 0 Å². The zero-order valence-electron chi connectivity index (χ0n) is 8.92. The predicted molar refractivity (Wildman–Crippen MR) is 70.1 cm³/mol. The van der Waals surface area contributed by atoms with E-state index < -0.39 is 0 Å². The first-order valence-electron chi connectivity index (χ1n) is 5.08. The van der Waals surface area contributed by atoms with E-state index in [1.807, 2.05) is 13.0 Å². The van der Waals surface area contributed by atoms with Gasteiger partial charge < -0.3 is 9.52 Å². The van der Waals surface area contributed by atoms with Gasteiger partial charge in [-0.05, 0) is 30.7 Å². The highest BCUT2D eigenvalue weighted by atomic mass is 35.5. The maximum atomic E-state index is 9.41. The summed E-state index contributed by atoms with van der Waals surface area (Å²) in [5, 5.41) is 12.3. The number of aromatic hydroxyl groups is 1. The number of halogens is 2. The molecule has 0 saturated carbocycles. The maximum absolute atomic E-state index is 9.41. The molecule has 3 rings (SSSR count). The van der Waals surface area contributed by atoms with Crippen LogP contribution in [0.15, 0.2) is 28.7 Å². The Hall–Kier alpha value is -1.38. The molecular weight excluding hydrogens is 259 g/mol. The standard InChI is InChI=1S/C13H8Cl2O2/c1-6-10(14)5-9-8-3-2-7(16)4-11(8)17-13(9)12(6)15/h2-5,16H,1H3. The third-order valence-electron chi connectivity index (χ3n) is 2.87.